The summed E-state index contributed by atoms with van der Waals surface area (Å²) in [5.41, 5.74) is 2.80. The molecule has 0 fully saturated rings. The van der Waals surface area contributed by atoms with E-state index in [9.17, 15) is 10.2 Å². The Morgan fingerprint density at radius 3 is 2.28 bits per heavy atom. The molecular formula is C21H24NO3+. The first-order chi connectivity index (χ1) is 12.1. The minimum Gasteiger partial charge on any atom is -0.455 e. The van der Waals surface area contributed by atoms with Crippen LogP contribution in [0.2, 0.25) is 0 Å². The summed E-state index contributed by atoms with van der Waals surface area (Å²) in [6.45, 7) is 3.01. The number of rotatable bonds is 7. The van der Waals surface area contributed by atoms with Gasteiger partial charge < -0.3 is 19.9 Å². The van der Waals surface area contributed by atoms with Crippen molar-refractivity contribution in [2.24, 2.45) is 0 Å². The molecule has 0 radical (unpaired) electrons. The van der Waals surface area contributed by atoms with Crippen LogP contribution < -0.4 is 5.32 Å². The Bertz CT molecular complexity index is 778. The summed E-state index contributed by atoms with van der Waals surface area (Å²) in [6, 6.07) is 21.3. The van der Waals surface area contributed by atoms with Crippen LogP contribution >= 0.6 is 0 Å². The molecule has 1 heterocycles. The quantitative estimate of drug-likeness (QED) is 0.620. The molecule has 0 aliphatic carbocycles. The third-order valence-electron chi connectivity index (χ3n) is 4.26. The van der Waals surface area contributed by atoms with Gasteiger partial charge in [0.2, 0.25) is 0 Å². The standard InChI is InChI=1S/C21H23NO3/c1-15(23)16-7-9-18(10-8-16)21-12-11-19(25-21)13-22-14-20(24)17-5-3-2-4-6-17/h2-12,15,20,22-24H,13-14H2,1H3/p+1/t15-,20+/m0/s1. The predicted octanol–water partition coefficient (Wildman–Crippen LogP) is 2.80. The summed E-state index contributed by atoms with van der Waals surface area (Å²) < 4.78 is 5.88. The molecular weight excluding hydrogens is 314 g/mol. The van der Waals surface area contributed by atoms with E-state index in [2.05, 4.69) is 0 Å². The molecule has 25 heavy (non-hydrogen) atoms. The minimum absolute atomic E-state index is 0.466. The van der Waals surface area contributed by atoms with E-state index in [4.69, 9.17) is 4.42 Å². The highest BCUT2D eigenvalue weighted by Gasteiger charge is 2.11. The summed E-state index contributed by atoms with van der Waals surface area (Å²) in [6.07, 6.45) is -0.949. The Hall–Kier alpha value is -2.40. The number of aliphatic hydroxyl groups is 2. The molecule has 0 saturated heterocycles. The number of quaternary nitrogens is 1. The van der Waals surface area contributed by atoms with Crippen molar-refractivity contribution in [3.05, 3.63) is 83.6 Å². The maximum Gasteiger partial charge on any atom is 0.158 e. The van der Waals surface area contributed by atoms with Crippen molar-refractivity contribution in [2.45, 2.75) is 25.7 Å². The van der Waals surface area contributed by atoms with Gasteiger partial charge in [0.25, 0.3) is 0 Å². The largest absolute Gasteiger partial charge is 0.455 e. The lowest BCUT2D eigenvalue weighted by Gasteiger charge is -2.08. The number of benzene rings is 2. The highest BCUT2D eigenvalue weighted by atomic mass is 16.3. The van der Waals surface area contributed by atoms with Gasteiger partial charge in [-0.3, -0.25) is 0 Å². The first-order valence-corrected chi connectivity index (χ1v) is 8.55. The molecule has 4 N–H and O–H groups in total. The molecule has 0 spiro atoms. The maximum absolute atomic E-state index is 10.2. The molecule has 0 unspecified atom stereocenters. The molecule has 0 saturated carbocycles. The zero-order chi connectivity index (χ0) is 17.6. The molecule has 2 atom stereocenters. The van der Waals surface area contributed by atoms with Gasteiger partial charge in [-0.05, 0) is 30.2 Å². The molecule has 0 bridgehead atoms. The Kier molecular flexibility index (Phi) is 5.66. The van der Waals surface area contributed by atoms with Crippen LogP contribution in [0, 0.1) is 0 Å². The topological polar surface area (TPSA) is 70.2 Å². The summed E-state index contributed by atoms with van der Waals surface area (Å²) in [7, 11) is 0. The van der Waals surface area contributed by atoms with E-state index in [1.54, 1.807) is 6.92 Å². The van der Waals surface area contributed by atoms with E-state index in [0.717, 1.165) is 28.2 Å². The van der Waals surface area contributed by atoms with E-state index in [1.807, 2.05) is 72.0 Å². The van der Waals surface area contributed by atoms with Crippen molar-refractivity contribution >= 4 is 0 Å². The summed E-state index contributed by atoms with van der Waals surface area (Å²) in [4.78, 5) is 0. The van der Waals surface area contributed by atoms with Gasteiger partial charge in [-0.2, -0.15) is 0 Å². The summed E-state index contributed by atoms with van der Waals surface area (Å²) in [5, 5.41) is 21.8. The molecule has 0 amide bonds. The Labute approximate surface area is 147 Å². The Balaban J connectivity index is 1.55. The second-order valence-electron chi connectivity index (χ2n) is 6.22. The van der Waals surface area contributed by atoms with Crippen molar-refractivity contribution in [2.75, 3.05) is 6.54 Å². The molecule has 130 valence electrons. The van der Waals surface area contributed by atoms with Gasteiger partial charge in [-0.15, -0.1) is 0 Å². The monoisotopic (exact) mass is 338 g/mol. The lowest BCUT2D eigenvalue weighted by atomic mass is 10.1. The molecule has 4 heteroatoms. The van der Waals surface area contributed by atoms with Crippen molar-refractivity contribution in [1.82, 2.24) is 0 Å². The number of nitrogens with two attached hydrogens (primary N) is 1. The fourth-order valence-electron chi connectivity index (χ4n) is 2.76. The van der Waals surface area contributed by atoms with Crippen LogP contribution in [0.1, 0.15) is 36.0 Å². The highest BCUT2D eigenvalue weighted by molar-refractivity contribution is 5.58. The number of hydrogen-bond acceptors (Lipinski definition) is 3. The highest BCUT2D eigenvalue weighted by Crippen LogP contribution is 2.24. The van der Waals surface area contributed by atoms with Gasteiger partial charge in [0.15, 0.2) is 5.76 Å². The SMILES string of the molecule is C[C@H](O)c1ccc(-c2ccc(C[NH2+]C[C@@H](O)c3ccccc3)o2)cc1. The van der Waals surface area contributed by atoms with E-state index < -0.39 is 12.2 Å². The van der Waals surface area contributed by atoms with Crippen molar-refractivity contribution in [3.8, 4) is 11.3 Å². The van der Waals surface area contributed by atoms with Gasteiger partial charge in [0.05, 0.1) is 6.10 Å². The number of furan rings is 1. The van der Waals surface area contributed by atoms with Gasteiger partial charge in [-0.25, -0.2) is 0 Å². The van der Waals surface area contributed by atoms with Crippen LogP contribution in [0.25, 0.3) is 11.3 Å². The van der Waals surface area contributed by atoms with E-state index in [0.29, 0.717) is 13.1 Å². The van der Waals surface area contributed by atoms with Gasteiger partial charge in [-0.1, -0.05) is 54.6 Å². The van der Waals surface area contributed by atoms with Gasteiger partial charge >= 0.3 is 0 Å². The molecule has 2 aromatic carbocycles. The summed E-state index contributed by atoms with van der Waals surface area (Å²) >= 11 is 0. The number of aliphatic hydroxyl groups excluding tert-OH is 2. The van der Waals surface area contributed by atoms with Crippen LogP contribution in [0.4, 0.5) is 0 Å². The smallest absolute Gasteiger partial charge is 0.158 e. The van der Waals surface area contributed by atoms with E-state index in [-0.39, 0.29) is 0 Å². The van der Waals surface area contributed by atoms with Crippen molar-refractivity contribution in [3.63, 3.8) is 0 Å². The zero-order valence-corrected chi connectivity index (χ0v) is 14.3. The third kappa shape index (κ3) is 4.57. The van der Waals surface area contributed by atoms with Gasteiger partial charge in [0.1, 0.15) is 25.0 Å². The second-order valence-corrected chi connectivity index (χ2v) is 6.22. The molecule has 4 nitrogen and oxygen atoms in total. The zero-order valence-electron chi connectivity index (χ0n) is 14.3. The lowest BCUT2D eigenvalue weighted by Crippen LogP contribution is -2.83. The summed E-state index contributed by atoms with van der Waals surface area (Å²) in [5.74, 6) is 1.68. The predicted molar refractivity (Wildman–Crippen MR) is 96.7 cm³/mol. The average molecular weight is 338 g/mol. The van der Waals surface area contributed by atoms with Gasteiger partial charge in [0, 0.05) is 5.56 Å². The molecule has 0 aliphatic heterocycles. The number of hydrogen-bond donors (Lipinski definition) is 3. The maximum atomic E-state index is 10.2. The fraction of sp³-hybridized carbons (Fsp3) is 0.238. The normalized spacial score (nSPS) is 13.6. The lowest BCUT2D eigenvalue weighted by molar-refractivity contribution is -0.679. The Morgan fingerprint density at radius 1 is 0.880 bits per heavy atom. The van der Waals surface area contributed by atoms with Crippen LogP contribution in [-0.4, -0.2) is 16.8 Å². The first kappa shape index (κ1) is 17.4. The molecule has 1 aromatic heterocycles. The van der Waals surface area contributed by atoms with Crippen LogP contribution in [0.3, 0.4) is 0 Å². The minimum atomic E-state index is -0.483. The average Bonchev–Trinajstić information content (AvgIpc) is 3.11. The molecule has 3 rings (SSSR count). The molecule has 0 aliphatic rings. The van der Waals surface area contributed by atoms with Crippen molar-refractivity contribution < 1.29 is 19.9 Å². The third-order valence-corrected chi connectivity index (χ3v) is 4.26. The van der Waals surface area contributed by atoms with E-state index >= 15 is 0 Å². The Morgan fingerprint density at radius 2 is 1.60 bits per heavy atom. The first-order valence-electron chi connectivity index (χ1n) is 8.55. The van der Waals surface area contributed by atoms with Crippen LogP contribution in [0.5, 0.6) is 0 Å². The second kappa shape index (κ2) is 8.12. The van der Waals surface area contributed by atoms with Crippen molar-refractivity contribution in [1.29, 1.82) is 0 Å². The van der Waals surface area contributed by atoms with Crippen LogP contribution in [-0.2, 0) is 6.54 Å². The molecule has 3 aromatic rings. The van der Waals surface area contributed by atoms with E-state index in [1.165, 1.54) is 0 Å². The fourth-order valence-corrected chi connectivity index (χ4v) is 2.76. The van der Waals surface area contributed by atoms with Crippen LogP contribution in [0.15, 0.2) is 71.1 Å².